The highest BCUT2D eigenvalue weighted by atomic mass is 16.5. The zero-order valence-corrected chi connectivity index (χ0v) is 19.1. The monoisotopic (exact) mass is 410 g/mol. The summed E-state index contributed by atoms with van der Waals surface area (Å²) in [6, 6.07) is 2.21. The van der Waals surface area contributed by atoms with E-state index in [0.29, 0.717) is 17.3 Å². The average molecular weight is 411 g/mol. The standard InChI is InChI=1S/C26H38N2O2/c1-25(12-13-27-3)19(10-14-29)5-6-21-23-8-7-22(26(23,2)11-9-24(21)25)18-15-20(30-4)17-28-16-18/h10,14-17,21-24,27H,5-9,11-13H2,1-4H3/b19-10-. The molecule has 1 heterocycles. The summed E-state index contributed by atoms with van der Waals surface area (Å²) in [5.41, 5.74) is 3.23. The summed E-state index contributed by atoms with van der Waals surface area (Å²) in [4.78, 5) is 15.8. The molecule has 4 rings (SSSR count). The molecule has 0 aliphatic heterocycles. The SMILES string of the molecule is CNCCC1(C)/C(=C\C=O)CCC2C1CCC1(C)C(c3cncc(OC)c3)CCC21. The van der Waals surface area contributed by atoms with Crippen molar-refractivity contribution < 1.29 is 9.53 Å². The Hall–Kier alpha value is -1.68. The number of carbonyl (C=O) groups is 1. The van der Waals surface area contributed by atoms with E-state index in [0.717, 1.165) is 43.3 Å². The molecule has 164 valence electrons. The van der Waals surface area contributed by atoms with Crippen LogP contribution in [0.1, 0.15) is 70.3 Å². The molecule has 6 atom stereocenters. The molecule has 0 aromatic carbocycles. The van der Waals surface area contributed by atoms with Crippen molar-refractivity contribution in [2.45, 2.75) is 64.7 Å². The maximum atomic E-state index is 11.4. The van der Waals surface area contributed by atoms with Crippen molar-refractivity contribution in [3.05, 3.63) is 35.7 Å². The van der Waals surface area contributed by atoms with Gasteiger partial charge in [0.1, 0.15) is 12.0 Å². The summed E-state index contributed by atoms with van der Waals surface area (Å²) in [5, 5.41) is 3.36. The molecule has 3 fully saturated rings. The first-order valence-corrected chi connectivity index (χ1v) is 11.8. The molecule has 1 N–H and O–H groups in total. The predicted octanol–water partition coefficient (Wildman–Crippen LogP) is 5.15. The minimum Gasteiger partial charge on any atom is -0.495 e. The lowest BCUT2D eigenvalue weighted by Crippen LogP contribution is -2.50. The fraction of sp³-hybridized carbons (Fsp3) is 0.692. The molecular weight excluding hydrogens is 372 g/mol. The van der Waals surface area contributed by atoms with Gasteiger partial charge in [-0.2, -0.15) is 0 Å². The second kappa shape index (κ2) is 8.45. The molecule has 6 unspecified atom stereocenters. The second-order valence-corrected chi connectivity index (χ2v) is 10.3. The number of hydrogen-bond acceptors (Lipinski definition) is 4. The smallest absolute Gasteiger partial charge is 0.142 e. The molecular formula is C26H38N2O2. The van der Waals surface area contributed by atoms with Crippen LogP contribution in [0.4, 0.5) is 0 Å². The van der Waals surface area contributed by atoms with Gasteiger partial charge in [0.2, 0.25) is 0 Å². The number of rotatable bonds is 6. The van der Waals surface area contributed by atoms with Crippen LogP contribution in [0.3, 0.4) is 0 Å². The molecule has 3 aliphatic rings. The lowest BCUT2D eigenvalue weighted by Gasteiger charge is -2.57. The van der Waals surface area contributed by atoms with E-state index in [9.17, 15) is 4.79 Å². The molecule has 1 aromatic heterocycles. The maximum Gasteiger partial charge on any atom is 0.142 e. The predicted molar refractivity (Wildman–Crippen MR) is 121 cm³/mol. The van der Waals surface area contributed by atoms with Crippen LogP contribution < -0.4 is 10.1 Å². The molecule has 4 heteroatoms. The van der Waals surface area contributed by atoms with Gasteiger partial charge in [-0.15, -0.1) is 0 Å². The van der Waals surface area contributed by atoms with Crippen molar-refractivity contribution in [1.29, 1.82) is 0 Å². The highest BCUT2D eigenvalue weighted by Crippen LogP contribution is 2.67. The van der Waals surface area contributed by atoms with E-state index in [4.69, 9.17) is 4.74 Å². The Morgan fingerprint density at radius 3 is 2.77 bits per heavy atom. The number of aromatic nitrogens is 1. The summed E-state index contributed by atoms with van der Waals surface area (Å²) in [6.07, 6.45) is 15.3. The Morgan fingerprint density at radius 1 is 1.20 bits per heavy atom. The molecule has 0 bridgehead atoms. The number of carbonyl (C=O) groups excluding carboxylic acids is 1. The Morgan fingerprint density at radius 2 is 2.03 bits per heavy atom. The zero-order chi connectivity index (χ0) is 21.4. The van der Waals surface area contributed by atoms with Gasteiger partial charge in [-0.05, 0) is 111 Å². The summed E-state index contributed by atoms with van der Waals surface area (Å²) in [6.45, 7) is 6.00. The number of hydrogen-bond donors (Lipinski definition) is 1. The van der Waals surface area contributed by atoms with E-state index in [2.05, 4.69) is 36.4 Å². The van der Waals surface area contributed by atoms with Gasteiger partial charge in [0.25, 0.3) is 0 Å². The van der Waals surface area contributed by atoms with Crippen LogP contribution in [-0.4, -0.2) is 32.0 Å². The van der Waals surface area contributed by atoms with Crippen LogP contribution in [0.5, 0.6) is 5.75 Å². The van der Waals surface area contributed by atoms with Gasteiger partial charge in [-0.25, -0.2) is 0 Å². The molecule has 0 spiro atoms. The first-order valence-electron chi connectivity index (χ1n) is 11.8. The zero-order valence-electron chi connectivity index (χ0n) is 19.1. The summed E-state index contributed by atoms with van der Waals surface area (Å²) < 4.78 is 5.47. The van der Waals surface area contributed by atoms with E-state index in [1.165, 1.54) is 43.2 Å². The second-order valence-electron chi connectivity index (χ2n) is 10.3. The number of ether oxygens (including phenoxy) is 1. The number of aldehydes is 1. The Balaban J connectivity index is 1.63. The number of allylic oxidation sites excluding steroid dienone is 2. The van der Waals surface area contributed by atoms with Gasteiger partial charge < -0.3 is 10.1 Å². The minimum atomic E-state index is 0.143. The highest BCUT2D eigenvalue weighted by Gasteiger charge is 2.58. The quantitative estimate of drug-likeness (QED) is 0.520. The number of fused-ring (bicyclic) bond motifs is 3. The Kier molecular flexibility index (Phi) is 6.07. The average Bonchev–Trinajstić information content (AvgIpc) is 3.12. The largest absolute Gasteiger partial charge is 0.495 e. The molecule has 1 aromatic rings. The van der Waals surface area contributed by atoms with Crippen LogP contribution in [0.25, 0.3) is 0 Å². The topological polar surface area (TPSA) is 51.2 Å². The van der Waals surface area contributed by atoms with Crippen molar-refractivity contribution in [3.63, 3.8) is 0 Å². The van der Waals surface area contributed by atoms with Gasteiger partial charge in [0.05, 0.1) is 13.3 Å². The number of methoxy groups -OCH3 is 1. The lowest BCUT2D eigenvalue weighted by atomic mass is 9.47. The molecule has 0 radical (unpaired) electrons. The van der Waals surface area contributed by atoms with Crippen LogP contribution in [0.2, 0.25) is 0 Å². The molecule has 3 aliphatic carbocycles. The van der Waals surface area contributed by atoms with Crippen molar-refractivity contribution in [1.82, 2.24) is 10.3 Å². The molecule has 30 heavy (non-hydrogen) atoms. The van der Waals surface area contributed by atoms with E-state index < -0.39 is 0 Å². The van der Waals surface area contributed by atoms with Gasteiger partial charge in [-0.3, -0.25) is 9.78 Å². The minimum absolute atomic E-state index is 0.143. The summed E-state index contributed by atoms with van der Waals surface area (Å²) in [7, 11) is 3.76. The number of pyridine rings is 1. The fourth-order valence-electron chi connectivity index (χ4n) is 7.70. The third kappa shape index (κ3) is 3.41. The van der Waals surface area contributed by atoms with Crippen molar-refractivity contribution in [2.24, 2.45) is 28.6 Å². The van der Waals surface area contributed by atoms with Gasteiger partial charge in [-0.1, -0.05) is 19.4 Å². The highest BCUT2D eigenvalue weighted by molar-refractivity contribution is 5.66. The molecule has 4 nitrogen and oxygen atoms in total. The Bertz CT molecular complexity index is 806. The van der Waals surface area contributed by atoms with Gasteiger partial charge >= 0.3 is 0 Å². The van der Waals surface area contributed by atoms with Crippen molar-refractivity contribution in [3.8, 4) is 5.75 Å². The first-order chi connectivity index (χ1) is 14.5. The van der Waals surface area contributed by atoms with E-state index in [1.807, 2.05) is 19.3 Å². The fourth-order valence-corrected chi connectivity index (χ4v) is 7.70. The van der Waals surface area contributed by atoms with Crippen LogP contribution in [0, 0.1) is 28.6 Å². The summed E-state index contributed by atoms with van der Waals surface area (Å²) >= 11 is 0. The van der Waals surface area contributed by atoms with E-state index in [-0.39, 0.29) is 5.41 Å². The van der Waals surface area contributed by atoms with Crippen LogP contribution in [-0.2, 0) is 4.79 Å². The van der Waals surface area contributed by atoms with E-state index >= 15 is 0 Å². The Labute approximate surface area is 181 Å². The lowest BCUT2D eigenvalue weighted by molar-refractivity contribution is -0.104. The van der Waals surface area contributed by atoms with Gasteiger partial charge in [0.15, 0.2) is 0 Å². The summed E-state index contributed by atoms with van der Waals surface area (Å²) in [5.74, 6) is 3.65. The molecule has 3 saturated carbocycles. The van der Waals surface area contributed by atoms with Crippen LogP contribution in [0.15, 0.2) is 30.1 Å². The third-order valence-corrected chi connectivity index (χ3v) is 9.27. The third-order valence-electron chi connectivity index (χ3n) is 9.27. The molecule has 0 saturated heterocycles. The van der Waals surface area contributed by atoms with Crippen molar-refractivity contribution in [2.75, 3.05) is 20.7 Å². The van der Waals surface area contributed by atoms with E-state index in [1.54, 1.807) is 7.11 Å². The maximum absolute atomic E-state index is 11.4. The number of nitrogens with zero attached hydrogens (tertiary/aromatic N) is 1. The van der Waals surface area contributed by atoms with Crippen molar-refractivity contribution >= 4 is 6.29 Å². The normalized spacial score (nSPS) is 39.4. The molecule has 0 amide bonds. The van der Waals surface area contributed by atoms with Gasteiger partial charge in [0, 0.05) is 6.20 Å². The first kappa shape index (κ1) is 21.5. The number of nitrogens with one attached hydrogen (secondary N) is 1. The van der Waals surface area contributed by atoms with Crippen LogP contribution >= 0.6 is 0 Å².